The summed E-state index contributed by atoms with van der Waals surface area (Å²) in [7, 11) is -0.0410. The van der Waals surface area contributed by atoms with Crippen molar-refractivity contribution in [2.75, 3.05) is 27.2 Å². The average Bonchev–Trinajstić information content (AvgIpc) is 2.42. The van der Waals surface area contributed by atoms with Gasteiger partial charge in [0.2, 0.25) is 10.0 Å². The van der Waals surface area contributed by atoms with Crippen LogP contribution in [0.25, 0.3) is 0 Å². The van der Waals surface area contributed by atoms with Crippen molar-refractivity contribution in [1.29, 1.82) is 0 Å². The summed E-state index contributed by atoms with van der Waals surface area (Å²) in [6.07, 6.45) is 0. The highest BCUT2D eigenvalue weighted by molar-refractivity contribution is 7.89. The summed E-state index contributed by atoms with van der Waals surface area (Å²) in [5.41, 5.74) is 5.37. The minimum atomic E-state index is -3.75. The fourth-order valence-corrected chi connectivity index (χ4v) is 2.73. The predicted octanol–water partition coefficient (Wildman–Crippen LogP) is 0.364. The highest BCUT2D eigenvalue weighted by Crippen LogP contribution is 2.16. The third-order valence-corrected chi connectivity index (χ3v) is 4.49. The fourth-order valence-electron chi connectivity index (χ4n) is 1.47. The minimum Gasteiger partial charge on any atom is -0.320 e. The Bertz CT molecular complexity index is 648. The van der Waals surface area contributed by atoms with Gasteiger partial charge in [0, 0.05) is 18.2 Å². The van der Waals surface area contributed by atoms with Crippen LogP contribution in [-0.4, -0.2) is 46.5 Å². The molecule has 0 saturated carbocycles. The smallest absolute Gasteiger partial charge is 0.241 e. The van der Waals surface area contributed by atoms with Gasteiger partial charge >= 0.3 is 0 Å². The molecule has 0 radical (unpaired) electrons. The summed E-state index contributed by atoms with van der Waals surface area (Å²) in [5.74, 6) is 4.58. The molecule has 5 nitrogen and oxygen atoms in total. The Hall–Kier alpha value is -1.46. The summed E-state index contributed by atoms with van der Waals surface area (Å²) in [6, 6.07) is 3.42. The topological polar surface area (TPSA) is 75.4 Å². The average molecular weight is 313 g/mol. The van der Waals surface area contributed by atoms with Crippen molar-refractivity contribution >= 4 is 10.0 Å². The number of nitrogens with zero attached hydrogens (tertiary/aromatic N) is 1. The number of nitrogens with two attached hydrogens (primary N) is 1. The molecule has 0 amide bonds. The highest BCUT2D eigenvalue weighted by atomic mass is 32.2. The molecule has 1 aromatic rings. The van der Waals surface area contributed by atoms with Gasteiger partial charge in [0.25, 0.3) is 0 Å². The van der Waals surface area contributed by atoms with Gasteiger partial charge in [-0.3, -0.25) is 0 Å². The summed E-state index contributed by atoms with van der Waals surface area (Å²) < 4.78 is 40.4. The van der Waals surface area contributed by atoms with E-state index < -0.39 is 15.8 Å². The number of halogens is 1. The molecule has 0 aliphatic heterocycles. The van der Waals surface area contributed by atoms with Crippen LogP contribution in [0.15, 0.2) is 23.1 Å². The molecular formula is C14H20FN3O2S. The summed E-state index contributed by atoms with van der Waals surface area (Å²) in [5, 5.41) is 0. The van der Waals surface area contributed by atoms with Crippen LogP contribution < -0.4 is 10.5 Å². The van der Waals surface area contributed by atoms with Gasteiger partial charge in [0.15, 0.2) is 0 Å². The van der Waals surface area contributed by atoms with E-state index in [4.69, 9.17) is 5.73 Å². The molecule has 0 heterocycles. The van der Waals surface area contributed by atoms with E-state index in [1.54, 1.807) is 0 Å². The number of rotatable bonds is 5. The zero-order valence-corrected chi connectivity index (χ0v) is 13.2. The Morgan fingerprint density at radius 3 is 2.67 bits per heavy atom. The maximum absolute atomic E-state index is 13.3. The lowest BCUT2D eigenvalue weighted by Gasteiger charge is -2.20. The lowest BCUT2D eigenvalue weighted by atomic mass is 10.2. The van der Waals surface area contributed by atoms with Crippen LogP contribution in [0.2, 0.25) is 0 Å². The quantitative estimate of drug-likeness (QED) is 0.770. The molecule has 116 valence electrons. The Morgan fingerprint density at radius 1 is 1.43 bits per heavy atom. The molecule has 3 N–H and O–H groups in total. The van der Waals surface area contributed by atoms with E-state index >= 15 is 0 Å². The van der Waals surface area contributed by atoms with Gasteiger partial charge < -0.3 is 10.6 Å². The summed E-state index contributed by atoms with van der Waals surface area (Å²) in [4.78, 5) is 1.85. The van der Waals surface area contributed by atoms with Crippen LogP contribution in [0.1, 0.15) is 12.5 Å². The van der Waals surface area contributed by atoms with Gasteiger partial charge in [0.1, 0.15) is 5.82 Å². The zero-order chi connectivity index (χ0) is 16.0. The molecular weight excluding hydrogens is 293 g/mol. The second-order valence-electron chi connectivity index (χ2n) is 4.81. The largest absolute Gasteiger partial charge is 0.320 e. The molecule has 1 rings (SSSR count). The first-order valence-electron chi connectivity index (χ1n) is 6.42. The minimum absolute atomic E-state index is 0.0267. The third-order valence-electron chi connectivity index (χ3n) is 3.01. The number of hydrogen-bond acceptors (Lipinski definition) is 4. The van der Waals surface area contributed by atoms with E-state index in [9.17, 15) is 12.8 Å². The van der Waals surface area contributed by atoms with E-state index in [0.29, 0.717) is 0 Å². The van der Waals surface area contributed by atoms with Crippen molar-refractivity contribution in [2.24, 2.45) is 5.73 Å². The van der Waals surface area contributed by atoms with Gasteiger partial charge in [-0.2, -0.15) is 0 Å². The van der Waals surface area contributed by atoms with Crippen molar-refractivity contribution in [2.45, 2.75) is 17.9 Å². The molecule has 1 atom stereocenters. The first-order valence-corrected chi connectivity index (χ1v) is 7.91. The van der Waals surface area contributed by atoms with E-state index in [1.165, 1.54) is 6.07 Å². The molecule has 21 heavy (non-hydrogen) atoms. The molecule has 0 aliphatic rings. The van der Waals surface area contributed by atoms with Crippen LogP contribution in [-0.2, 0) is 10.0 Å². The number of hydrogen-bond donors (Lipinski definition) is 2. The Labute approximate surface area is 125 Å². The standard InChI is InChI=1S/C14H20FN3O2S/c1-11(18(2)3)10-17-21(19,20)14-7-6-13(15)9-12(14)5-4-8-16/h6-7,9,11,17H,8,10,16H2,1-3H3. The number of nitrogens with one attached hydrogen (secondary N) is 1. The Kier molecular flexibility index (Phi) is 6.30. The van der Waals surface area contributed by atoms with E-state index in [1.807, 2.05) is 25.9 Å². The van der Waals surface area contributed by atoms with Crippen LogP contribution in [0.3, 0.4) is 0 Å². The van der Waals surface area contributed by atoms with Gasteiger partial charge in [-0.15, -0.1) is 0 Å². The maximum Gasteiger partial charge on any atom is 0.241 e. The van der Waals surface area contributed by atoms with Crippen molar-refractivity contribution < 1.29 is 12.8 Å². The van der Waals surface area contributed by atoms with Crippen molar-refractivity contribution in [1.82, 2.24) is 9.62 Å². The SMILES string of the molecule is CC(CNS(=O)(=O)c1ccc(F)cc1C#CCN)N(C)C. The second kappa shape index (κ2) is 7.52. The van der Waals surface area contributed by atoms with E-state index in [-0.39, 0.29) is 29.6 Å². The molecule has 1 aromatic carbocycles. The van der Waals surface area contributed by atoms with Crippen LogP contribution in [0.5, 0.6) is 0 Å². The predicted molar refractivity (Wildman–Crippen MR) is 80.7 cm³/mol. The fraction of sp³-hybridized carbons (Fsp3) is 0.429. The molecule has 0 saturated heterocycles. The Balaban J connectivity index is 3.08. The van der Waals surface area contributed by atoms with Gasteiger partial charge in [-0.05, 0) is 39.2 Å². The van der Waals surface area contributed by atoms with Crippen LogP contribution in [0, 0.1) is 17.7 Å². The number of benzene rings is 1. The van der Waals surface area contributed by atoms with Crippen molar-refractivity contribution in [3.63, 3.8) is 0 Å². The van der Waals surface area contributed by atoms with Crippen molar-refractivity contribution in [3.05, 3.63) is 29.6 Å². The molecule has 0 aromatic heterocycles. The normalized spacial score (nSPS) is 12.9. The van der Waals surface area contributed by atoms with Gasteiger partial charge in [-0.25, -0.2) is 17.5 Å². The highest BCUT2D eigenvalue weighted by Gasteiger charge is 2.19. The first kappa shape index (κ1) is 17.6. The number of likely N-dealkylation sites (N-methyl/N-ethyl adjacent to an activating group) is 1. The van der Waals surface area contributed by atoms with Crippen molar-refractivity contribution in [3.8, 4) is 11.8 Å². The van der Waals surface area contributed by atoms with E-state index in [0.717, 1.165) is 12.1 Å². The lowest BCUT2D eigenvalue weighted by Crippen LogP contribution is -2.38. The van der Waals surface area contributed by atoms with Crippen LogP contribution >= 0.6 is 0 Å². The molecule has 0 fully saturated rings. The van der Waals surface area contributed by atoms with Gasteiger partial charge in [-0.1, -0.05) is 11.8 Å². The molecule has 1 unspecified atom stereocenters. The first-order chi connectivity index (χ1) is 9.77. The molecule has 0 bridgehead atoms. The van der Waals surface area contributed by atoms with E-state index in [2.05, 4.69) is 16.6 Å². The van der Waals surface area contributed by atoms with Gasteiger partial charge in [0.05, 0.1) is 11.4 Å². The summed E-state index contributed by atoms with van der Waals surface area (Å²) in [6.45, 7) is 2.21. The van der Waals surface area contributed by atoms with Crippen LogP contribution in [0.4, 0.5) is 4.39 Å². The number of sulfonamides is 1. The zero-order valence-electron chi connectivity index (χ0n) is 12.4. The Morgan fingerprint density at radius 2 is 2.10 bits per heavy atom. The molecule has 7 heteroatoms. The molecule has 0 spiro atoms. The monoisotopic (exact) mass is 313 g/mol. The third kappa shape index (κ3) is 5.10. The molecule has 0 aliphatic carbocycles. The lowest BCUT2D eigenvalue weighted by molar-refractivity contribution is 0.314. The summed E-state index contributed by atoms with van der Waals surface area (Å²) >= 11 is 0. The maximum atomic E-state index is 13.3. The second-order valence-corrected chi connectivity index (χ2v) is 6.55.